The summed E-state index contributed by atoms with van der Waals surface area (Å²) >= 11 is 0. The molecule has 3 aromatic rings. The van der Waals surface area contributed by atoms with Crippen molar-refractivity contribution in [2.45, 2.75) is 19.5 Å². The number of hydrogen-bond acceptors (Lipinski definition) is 3. The van der Waals surface area contributed by atoms with Gasteiger partial charge in [-0.3, -0.25) is 0 Å². The van der Waals surface area contributed by atoms with Gasteiger partial charge in [-0.1, -0.05) is 18.2 Å². The van der Waals surface area contributed by atoms with Crippen molar-refractivity contribution in [2.75, 3.05) is 6.61 Å². The fourth-order valence-electron chi connectivity index (χ4n) is 2.89. The third-order valence-corrected chi connectivity index (χ3v) is 3.99. The first kappa shape index (κ1) is 13.2. The van der Waals surface area contributed by atoms with Crippen molar-refractivity contribution in [3.63, 3.8) is 0 Å². The van der Waals surface area contributed by atoms with Crippen LogP contribution in [0.3, 0.4) is 0 Å². The Hall–Kier alpha value is -2.53. The molecule has 1 aromatic heterocycles. The van der Waals surface area contributed by atoms with Gasteiger partial charge in [-0.05, 0) is 34.9 Å². The Morgan fingerprint density at radius 3 is 2.68 bits per heavy atom. The lowest BCUT2D eigenvalue weighted by Gasteiger charge is -2.07. The molecule has 0 radical (unpaired) electrons. The standard InChI is InChI=1S/C17H17N3O2/c21-17-19-14-3-1-12(8-15(14)20-17)10-18-9-11-2-4-16-13(7-11)5-6-22-16/h1-4,7-8,18H,5-6,9-10H2,(H2,19,20,21). The first-order chi connectivity index (χ1) is 10.8. The number of fused-ring (bicyclic) bond motifs is 2. The van der Waals surface area contributed by atoms with E-state index in [-0.39, 0.29) is 5.69 Å². The van der Waals surface area contributed by atoms with Crippen LogP contribution in [0.4, 0.5) is 0 Å². The zero-order valence-corrected chi connectivity index (χ0v) is 12.1. The van der Waals surface area contributed by atoms with Crippen molar-refractivity contribution in [2.24, 2.45) is 0 Å². The number of rotatable bonds is 4. The number of benzene rings is 2. The van der Waals surface area contributed by atoms with Crippen molar-refractivity contribution in [3.05, 3.63) is 63.6 Å². The second-order valence-electron chi connectivity index (χ2n) is 5.60. The van der Waals surface area contributed by atoms with Gasteiger partial charge in [-0.2, -0.15) is 0 Å². The fourth-order valence-corrected chi connectivity index (χ4v) is 2.89. The maximum atomic E-state index is 11.3. The topological polar surface area (TPSA) is 69.9 Å². The van der Waals surface area contributed by atoms with Crippen molar-refractivity contribution < 1.29 is 4.74 Å². The summed E-state index contributed by atoms with van der Waals surface area (Å²) in [7, 11) is 0. The van der Waals surface area contributed by atoms with Crippen LogP contribution in [0.25, 0.3) is 11.0 Å². The monoisotopic (exact) mass is 295 g/mol. The van der Waals surface area contributed by atoms with Crippen molar-refractivity contribution in [3.8, 4) is 5.75 Å². The van der Waals surface area contributed by atoms with Crippen LogP contribution in [-0.4, -0.2) is 16.6 Å². The molecule has 0 amide bonds. The quantitative estimate of drug-likeness (QED) is 0.690. The van der Waals surface area contributed by atoms with E-state index in [1.807, 2.05) is 18.2 Å². The molecule has 1 aliphatic rings. The number of ether oxygens (including phenoxy) is 1. The van der Waals surface area contributed by atoms with Crippen molar-refractivity contribution >= 4 is 11.0 Å². The molecule has 0 saturated carbocycles. The summed E-state index contributed by atoms with van der Waals surface area (Å²) in [6.07, 6.45) is 1.00. The van der Waals surface area contributed by atoms with Crippen LogP contribution >= 0.6 is 0 Å². The zero-order chi connectivity index (χ0) is 14.9. The molecule has 1 aliphatic heterocycles. The van der Waals surface area contributed by atoms with E-state index in [2.05, 4.69) is 33.5 Å². The number of aromatic nitrogens is 2. The predicted octanol–water partition coefficient (Wildman–Crippen LogP) is 2.08. The molecule has 0 atom stereocenters. The number of hydrogen-bond donors (Lipinski definition) is 3. The van der Waals surface area contributed by atoms with Crippen molar-refractivity contribution in [1.82, 2.24) is 15.3 Å². The Morgan fingerprint density at radius 2 is 1.77 bits per heavy atom. The average molecular weight is 295 g/mol. The summed E-state index contributed by atoms with van der Waals surface area (Å²) < 4.78 is 5.52. The van der Waals surface area contributed by atoms with Gasteiger partial charge in [0.25, 0.3) is 0 Å². The van der Waals surface area contributed by atoms with Crippen molar-refractivity contribution in [1.29, 1.82) is 0 Å². The van der Waals surface area contributed by atoms with Crippen LogP contribution in [0.2, 0.25) is 0 Å². The largest absolute Gasteiger partial charge is 0.493 e. The van der Waals surface area contributed by atoms with E-state index in [1.54, 1.807) is 0 Å². The highest BCUT2D eigenvalue weighted by molar-refractivity contribution is 5.74. The molecule has 0 unspecified atom stereocenters. The van der Waals surface area contributed by atoms with Crippen LogP contribution in [0, 0.1) is 0 Å². The lowest BCUT2D eigenvalue weighted by Crippen LogP contribution is -2.12. The maximum Gasteiger partial charge on any atom is 0.323 e. The van der Waals surface area contributed by atoms with E-state index in [0.29, 0.717) is 0 Å². The lowest BCUT2D eigenvalue weighted by molar-refractivity contribution is 0.357. The van der Waals surface area contributed by atoms with Gasteiger partial charge in [0, 0.05) is 19.5 Å². The molecule has 3 N–H and O–H groups in total. The molecular formula is C17H17N3O2. The van der Waals surface area contributed by atoms with Gasteiger partial charge in [0.2, 0.25) is 0 Å². The molecule has 22 heavy (non-hydrogen) atoms. The molecule has 5 nitrogen and oxygen atoms in total. The third kappa shape index (κ3) is 2.51. The summed E-state index contributed by atoms with van der Waals surface area (Å²) in [5.74, 6) is 1.02. The molecule has 0 fully saturated rings. The highest BCUT2D eigenvalue weighted by Gasteiger charge is 2.11. The summed E-state index contributed by atoms with van der Waals surface area (Å²) in [6.45, 7) is 2.37. The van der Waals surface area contributed by atoms with Crippen LogP contribution in [0.1, 0.15) is 16.7 Å². The molecule has 2 aromatic carbocycles. The second kappa shape index (κ2) is 5.35. The number of imidazole rings is 1. The average Bonchev–Trinajstić information content (AvgIpc) is 3.11. The fraction of sp³-hybridized carbons (Fsp3) is 0.235. The summed E-state index contributed by atoms with van der Waals surface area (Å²) in [6, 6.07) is 12.3. The molecular weight excluding hydrogens is 278 g/mol. The van der Waals surface area contributed by atoms with Crippen LogP contribution in [0.15, 0.2) is 41.2 Å². The summed E-state index contributed by atoms with van der Waals surface area (Å²) in [4.78, 5) is 16.8. The molecule has 0 bridgehead atoms. The smallest absolute Gasteiger partial charge is 0.323 e. The van der Waals surface area contributed by atoms with E-state index >= 15 is 0 Å². The first-order valence-electron chi connectivity index (χ1n) is 7.44. The Bertz CT molecular complexity index is 879. The SMILES string of the molecule is O=c1[nH]c2ccc(CNCc3ccc4c(c3)CCO4)cc2[nH]1. The van der Waals surface area contributed by atoms with Gasteiger partial charge in [0.1, 0.15) is 5.75 Å². The van der Waals surface area contributed by atoms with Gasteiger partial charge in [-0.15, -0.1) is 0 Å². The number of nitrogens with one attached hydrogen (secondary N) is 3. The molecule has 0 saturated heterocycles. The van der Waals surface area contributed by atoms with Gasteiger partial charge in [0.05, 0.1) is 17.6 Å². The third-order valence-electron chi connectivity index (χ3n) is 3.99. The van der Waals surface area contributed by atoms with Crippen LogP contribution in [-0.2, 0) is 19.5 Å². The van der Waals surface area contributed by atoms with E-state index < -0.39 is 0 Å². The predicted molar refractivity (Wildman–Crippen MR) is 85.1 cm³/mol. The first-order valence-corrected chi connectivity index (χ1v) is 7.44. The van der Waals surface area contributed by atoms with E-state index in [9.17, 15) is 4.79 Å². The normalized spacial score (nSPS) is 13.3. The van der Waals surface area contributed by atoms with Gasteiger partial charge in [0.15, 0.2) is 0 Å². The molecule has 2 heterocycles. The Labute approximate surface area is 127 Å². The maximum absolute atomic E-state index is 11.3. The molecule has 0 spiro atoms. The molecule has 5 heteroatoms. The van der Waals surface area contributed by atoms with Crippen LogP contribution in [0.5, 0.6) is 5.75 Å². The molecule has 0 aliphatic carbocycles. The second-order valence-corrected chi connectivity index (χ2v) is 5.60. The highest BCUT2D eigenvalue weighted by Crippen LogP contribution is 2.25. The van der Waals surface area contributed by atoms with Gasteiger partial charge < -0.3 is 20.0 Å². The Balaban J connectivity index is 1.42. The minimum Gasteiger partial charge on any atom is -0.493 e. The minimum absolute atomic E-state index is 0.166. The minimum atomic E-state index is -0.166. The van der Waals surface area contributed by atoms with E-state index in [1.165, 1.54) is 11.1 Å². The summed E-state index contributed by atoms with van der Waals surface area (Å²) in [5.41, 5.74) is 5.23. The highest BCUT2D eigenvalue weighted by atomic mass is 16.5. The van der Waals surface area contributed by atoms with Crippen LogP contribution < -0.4 is 15.7 Å². The Morgan fingerprint density at radius 1 is 1.00 bits per heavy atom. The molecule has 4 rings (SSSR count). The number of H-pyrrole nitrogens is 2. The van der Waals surface area contributed by atoms with Gasteiger partial charge in [-0.25, -0.2) is 4.79 Å². The number of aromatic amines is 2. The molecule has 112 valence electrons. The van der Waals surface area contributed by atoms with E-state index in [0.717, 1.165) is 48.5 Å². The Kier molecular flexibility index (Phi) is 3.20. The zero-order valence-electron chi connectivity index (χ0n) is 12.1. The van der Waals surface area contributed by atoms with E-state index in [4.69, 9.17) is 4.74 Å². The summed E-state index contributed by atoms with van der Waals surface area (Å²) in [5, 5.41) is 3.44. The van der Waals surface area contributed by atoms with Gasteiger partial charge >= 0.3 is 5.69 Å². The lowest BCUT2D eigenvalue weighted by atomic mass is 10.1.